The molecule has 0 spiro atoms. The fourth-order valence-corrected chi connectivity index (χ4v) is 3.27. The van der Waals surface area contributed by atoms with Crippen LogP contribution in [0.1, 0.15) is 10.4 Å². The molecule has 1 aromatic carbocycles. The molecule has 0 unspecified atom stereocenters. The summed E-state index contributed by atoms with van der Waals surface area (Å²) >= 11 is 1.25. The van der Waals surface area contributed by atoms with Crippen molar-refractivity contribution in [1.29, 1.82) is 0 Å². The Morgan fingerprint density at radius 3 is 2.71 bits per heavy atom. The van der Waals surface area contributed by atoms with Gasteiger partial charge in [-0.05, 0) is 12.1 Å². The van der Waals surface area contributed by atoms with Crippen molar-refractivity contribution in [3.05, 3.63) is 42.2 Å². The second-order valence-corrected chi connectivity index (χ2v) is 6.35. The molecular formula is C16H16N4O3S. The number of nitrogens with zero attached hydrogens (tertiary/aromatic N) is 4. The molecule has 1 aliphatic heterocycles. The molecule has 0 saturated carbocycles. The Morgan fingerprint density at radius 2 is 2.00 bits per heavy atom. The van der Waals surface area contributed by atoms with E-state index in [9.17, 15) is 14.4 Å². The molecule has 3 rings (SSSR count). The lowest BCUT2D eigenvalue weighted by atomic mass is 10.1. The lowest BCUT2D eigenvalue weighted by Crippen LogP contribution is -2.42. The van der Waals surface area contributed by atoms with Crippen LogP contribution >= 0.6 is 11.8 Å². The highest BCUT2D eigenvalue weighted by atomic mass is 32.2. The van der Waals surface area contributed by atoms with Gasteiger partial charge in [-0.2, -0.15) is 0 Å². The van der Waals surface area contributed by atoms with Crippen molar-refractivity contribution in [2.24, 2.45) is 7.05 Å². The van der Waals surface area contributed by atoms with Gasteiger partial charge in [0, 0.05) is 26.5 Å². The molecule has 2 aromatic rings. The minimum absolute atomic E-state index is 0.0584. The quantitative estimate of drug-likeness (QED) is 0.781. The van der Waals surface area contributed by atoms with Gasteiger partial charge in [0.2, 0.25) is 5.91 Å². The largest absolute Gasteiger partial charge is 0.332 e. The number of carbonyl (C=O) groups is 3. The van der Waals surface area contributed by atoms with Gasteiger partial charge in [-0.25, -0.2) is 9.88 Å². The summed E-state index contributed by atoms with van der Waals surface area (Å²) in [5.74, 6) is -1.00. The van der Waals surface area contributed by atoms with Crippen LogP contribution in [0.2, 0.25) is 0 Å². The zero-order valence-corrected chi connectivity index (χ0v) is 14.1. The van der Waals surface area contributed by atoms with Crippen LogP contribution < -0.4 is 4.90 Å². The first-order valence-electron chi connectivity index (χ1n) is 7.29. The smallest absolute Gasteiger partial charge is 0.256 e. The minimum atomic E-state index is -0.416. The van der Waals surface area contributed by atoms with Crippen LogP contribution in [0.4, 0.5) is 5.69 Å². The van der Waals surface area contributed by atoms with E-state index in [0.29, 0.717) is 16.4 Å². The summed E-state index contributed by atoms with van der Waals surface area (Å²) in [5.41, 5.74) is 0.684. The summed E-state index contributed by atoms with van der Waals surface area (Å²) in [4.78, 5) is 44.1. The monoisotopic (exact) mass is 344 g/mol. The van der Waals surface area contributed by atoms with Gasteiger partial charge >= 0.3 is 0 Å². The van der Waals surface area contributed by atoms with Gasteiger partial charge in [-0.3, -0.25) is 14.4 Å². The van der Waals surface area contributed by atoms with E-state index in [1.807, 2.05) is 7.05 Å². The molecule has 0 fully saturated rings. The van der Waals surface area contributed by atoms with Crippen LogP contribution in [-0.4, -0.2) is 51.5 Å². The van der Waals surface area contributed by atoms with E-state index in [1.165, 1.54) is 16.7 Å². The highest BCUT2D eigenvalue weighted by Gasteiger charge is 2.33. The molecule has 0 aliphatic carbocycles. The maximum Gasteiger partial charge on any atom is 0.256 e. The lowest BCUT2D eigenvalue weighted by Gasteiger charge is -2.20. The number of imidazole rings is 1. The van der Waals surface area contributed by atoms with Gasteiger partial charge in [0.1, 0.15) is 6.54 Å². The van der Waals surface area contributed by atoms with E-state index in [2.05, 4.69) is 4.98 Å². The van der Waals surface area contributed by atoms with Crippen LogP contribution in [0, 0.1) is 0 Å². The normalized spacial score (nSPS) is 14.6. The SMILES string of the molecule is CN1CC(=O)N(C(=O)CSc2nccn2C)c2ccccc2C1=O. The third-order valence-electron chi connectivity index (χ3n) is 3.70. The fraction of sp³-hybridized carbons (Fsp3) is 0.250. The predicted molar refractivity (Wildman–Crippen MR) is 89.8 cm³/mol. The Hall–Kier alpha value is -2.61. The van der Waals surface area contributed by atoms with Gasteiger partial charge in [0.25, 0.3) is 11.8 Å². The van der Waals surface area contributed by atoms with Crippen molar-refractivity contribution in [1.82, 2.24) is 14.5 Å². The van der Waals surface area contributed by atoms with Crippen molar-refractivity contribution in [3.8, 4) is 0 Å². The number of aromatic nitrogens is 2. The van der Waals surface area contributed by atoms with Crippen LogP contribution in [0.25, 0.3) is 0 Å². The third kappa shape index (κ3) is 2.92. The summed E-state index contributed by atoms with van der Waals surface area (Å²) in [5, 5.41) is 0.687. The number of thioether (sulfide) groups is 1. The van der Waals surface area contributed by atoms with Gasteiger partial charge in [0.05, 0.1) is 17.0 Å². The molecule has 124 valence electrons. The molecule has 0 radical (unpaired) electrons. The first-order chi connectivity index (χ1) is 11.5. The molecule has 0 N–H and O–H groups in total. The number of fused-ring (bicyclic) bond motifs is 1. The number of carbonyl (C=O) groups excluding carboxylic acids is 3. The zero-order valence-electron chi connectivity index (χ0n) is 13.3. The van der Waals surface area contributed by atoms with Crippen molar-refractivity contribution in [3.63, 3.8) is 0 Å². The van der Waals surface area contributed by atoms with Crippen LogP contribution in [0.3, 0.4) is 0 Å². The highest BCUT2D eigenvalue weighted by Crippen LogP contribution is 2.26. The molecule has 24 heavy (non-hydrogen) atoms. The Kier molecular flexibility index (Phi) is 4.39. The Balaban J connectivity index is 1.89. The van der Waals surface area contributed by atoms with E-state index < -0.39 is 5.91 Å². The lowest BCUT2D eigenvalue weighted by molar-refractivity contribution is -0.125. The number of rotatable bonds is 3. The standard InChI is InChI=1S/C16H16N4O3S/c1-18-8-7-17-16(18)24-10-14(22)20-12-6-4-3-5-11(12)15(23)19(2)9-13(20)21/h3-8H,9-10H2,1-2H3. The Labute approximate surface area is 143 Å². The summed E-state index contributed by atoms with van der Waals surface area (Å²) in [7, 11) is 3.38. The van der Waals surface area contributed by atoms with Gasteiger partial charge in [0.15, 0.2) is 5.16 Å². The number of aryl methyl sites for hydroxylation is 1. The number of amides is 3. The Morgan fingerprint density at radius 1 is 1.25 bits per heavy atom. The second kappa shape index (κ2) is 6.48. The summed E-state index contributed by atoms with van der Waals surface area (Å²) in [6, 6.07) is 6.66. The topological polar surface area (TPSA) is 75.5 Å². The predicted octanol–water partition coefficient (Wildman–Crippen LogP) is 1.16. The zero-order chi connectivity index (χ0) is 17.3. The van der Waals surface area contributed by atoms with Crippen LogP contribution in [0.15, 0.2) is 41.8 Å². The van der Waals surface area contributed by atoms with Crippen molar-refractivity contribution in [2.75, 3.05) is 24.2 Å². The van der Waals surface area contributed by atoms with E-state index in [4.69, 9.17) is 0 Å². The summed E-state index contributed by atoms with van der Waals surface area (Å²) < 4.78 is 1.80. The number of imide groups is 1. The molecule has 8 heteroatoms. The highest BCUT2D eigenvalue weighted by molar-refractivity contribution is 7.99. The third-order valence-corrected chi connectivity index (χ3v) is 4.74. The molecular weight excluding hydrogens is 328 g/mol. The fourth-order valence-electron chi connectivity index (χ4n) is 2.49. The maximum atomic E-state index is 12.7. The molecule has 0 saturated heterocycles. The Bertz CT molecular complexity index is 817. The number of para-hydroxylation sites is 1. The second-order valence-electron chi connectivity index (χ2n) is 5.41. The van der Waals surface area contributed by atoms with Crippen LogP contribution in [0.5, 0.6) is 0 Å². The maximum absolute atomic E-state index is 12.7. The molecule has 1 aliphatic rings. The van der Waals surface area contributed by atoms with Crippen molar-refractivity contribution < 1.29 is 14.4 Å². The summed E-state index contributed by atoms with van der Waals surface area (Å²) in [6.45, 7) is -0.133. The van der Waals surface area contributed by atoms with Crippen molar-refractivity contribution in [2.45, 2.75) is 5.16 Å². The number of hydrogen-bond donors (Lipinski definition) is 0. The van der Waals surface area contributed by atoms with E-state index in [-0.39, 0.29) is 24.1 Å². The van der Waals surface area contributed by atoms with Gasteiger partial charge in [-0.1, -0.05) is 23.9 Å². The molecule has 0 bridgehead atoms. The summed E-state index contributed by atoms with van der Waals surface area (Å²) in [6.07, 6.45) is 3.43. The number of benzene rings is 1. The van der Waals surface area contributed by atoms with Crippen LogP contribution in [-0.2, 0) is 16.6 Å². The van der Waals surface area contributed by atoms with Gasteiger partial charge in [-0.15, -0.1) is 0 Å². The molecule has 2 heterocycles. The first kappa shape index (κ1) is 16.3. The molecule has 3 amide bonds. The van der Waals surface area contributed by atoms with E-state index in [0.717, 1.165) is 4.90 Å². The average Bonchev–Trinajstić information content (AvgIpc) is 2.94. The van der Waals surface area contributed by atoms with Crippen molar-refractivity contribution >= 4 is 35.2 Å². The van der Waals surface area contributed by atoms with Gasteiger partial charge < -0.3 is 9.47 Å². The number of likely N-dealkylation sites (N-methyl/N-ethyl adjacent to an activating group) is 1. The average molecular weight is 344 g/mol. The molecule has 0 atom stereocenters. The molecule has 7 nitrogen and oxygen atoms in total. The molecule has 1 aromatic heterocycles. The number of hydrogen-bond acceptors (Lipinski definition) is 5. The van der Waals surface area contributed by atoms with E-state index in [1.54, 1.807) is 48.3 Å². The minimum Gasteiger partial charge on any atom is -0.332 e. The van der Waals surface area contributed by atoms with E-state index >= 15 is 0 Å². The first-order valence-corrected chi connectivity index (χ1v) is 8.28. The number of anilines is 1.